The van der Waals surface area contributed by atoms with Crippen LogP contribution in [0.3, 0.4) is 0 Å². The fraction of sp³-hybridized carbons (Fsp3) is 0. The molecule has 0 aromatic rings. The molecule has 1 aliphatic heterocycles. The molecule has 0 radical (unpaired) electrons. The number of phosphoric ester groups is 1. The van der Waals surface area contributed by atoms with E-state index in [-0.39, 0.29) is 5.76 Å². The highest BCUT2D eigenvalue weighted by Gasteiger charge is 2.15. The Labute approximate surface area is 121 Å². The first-order valence-electron chi connectivity index (χ1n) is 5.61. The number of nitrogens with zero attached hydrogens (tertiary/aromatic N) is 4. The van der Waals surface area contributed by atoms with Crippen molar-refractivity contribution in [2.24, 2.45) is 20.0 Å². The Morgan fingerprint density at radius 2 is 1.38 bits per heavy atom. The lowest BCUT2D eigenvalue weighted by Crippen LogP contribution is -1.88. The molecule has 0 spiro atoms. The van der Waals surface area contributed by atoms with Crippen molar-refractivity contribution >= 4 is 32.7 Å². The monoisotopic (exact) mass is 308 g/mol. The molecule has 0 saturated carbocycles. The molecule has 0 fully saturated rings. The smallest absolute Gasteiger partial charge is 0.404 e. The highest BCUT2D eigenvalue weighted by molar-refractivity contribution is 7.46. The molecule has 0 unspecified atom stereocenters. The Morgan fingerprint density at radius 3 is 1.95 bits per heavy atom. The molecule has 110 valence electrons. The molecular formula is C12H13N4O4P. The maximum absolute atomic E-state index is 10.8. The van der Waals surface area contributed by atoms with Gasteiger partial charge < -0.3 is 4.52 Å². The van der Waals surface area contributed by atoms with E-state index < -0.39 is 7.82 Å². The lowest BCUT2D eigenvalue weighted by Gasteiger charge is -2.05. The number of allylic oxidation sites excluding steroid dienone is 3. The zero-order chi connectivity index (χ0) is 15.4. The van der Waals surface area contributed by atoms with Gasteiger partial charge in [0.25, 0.3) is 0 Å². The average molecular weight is 308 g/mol. The number of aliphatic imine (C=N–C) groups is 4. The van der Waals surface area contributed by atoms with Crippen LogP contribution in [0.4, 0.5) is 0 Å². The largest absolute Gasteiger partial charge is 0.524 e. The van der Waals surface area contributed by atoms with E-state index in [9.17, 15) is 4.57 Å². The van der Waals surface area contributed by atoms with Gasteiger partial charge in [-0.15, -0.1) is 0 Å². The van der Waals surface area contributed by atoms with Crippen molar-refractivity contribution in [1.82, 2.24) is 0 Å². The summed E-state index contributed by atoms with van der Waals surface area (Å²) >= 11 is 0. The molecule has 8 nitrogen and oxygen atoms in total. The first-order chi connectivity index (χ1) is 10.1. The van der Waals surface area contributed by atoms with Crippen LogP contribution >= 0.6 is 7.82 Å². The highest BCUT2D eigenvalue weighted by Crippen LogP contribution is 2.38. The Hall–Kier alpha value is -2.41. The third-order valence-corrected chi connectivity index (χ3v) is 2.15. The summed E-state index contributed by atoms with van der Waals surface area (Å²) < 4.78 is 15.3. The lowest BCUT2D eigenvalue weighted by molar-refractivity contribution is 0.248. The van der Waals surface area contributed by atoms with Crippen molar-refractivity contribution in [2.45, 2.75) is 0 Å². The topological polar surface area (TPSA) is 116 Å². The SMILES string of the molecule is O=P(O)(O)OC1=C/C=N/C=C\N=CC=N/C=C\N=C/C=C\1. The van der Waals surface area contributed by atoms with Gasteiger partial charge in [0, 0.05) is 49.7 Å². The van der Waals surface area contributed by atoms with Crippen LogP contribution in [-0.4, -0.2) is 34.6 Å². The molecule has 0 bridgehead atoms. The third-order valence-electron chi connectivity index (χ3n) is 1.70. The van der Waals surface area contributed by atoms with E-state index in [4.69, 9.17) is 9.79 Å². The highest BCUT2D eigenvalue weighted by atomic mass is 31.2. The lowest BCUT2D eigenvalue weighted by atomic mass is 10.4. The molecule has 21 heavy (non-hydrogen) atoms. The van der Waals surface area contributed by atoms with Gasteiger partial charge in [0.05, 0.1) is 0 Å². The third kappa shape index (κ3) is 10.1. The molecule has 1 heterocycles. The van der Waals surface area contributed by atoms with Crippen LogP contribution < -0.4 is 0 Å². The van der Waals surface area contributed by atoms with Crippen molar-refractivity contribution in [1.29, 1.82) is 0 Å². The molecule has 0 saturated heterocycles. The minimum atomic E-state index is -4.64. The summed E-state index contributed by atoms with van der Waals surface area (Å²) in [7, 11) is -4.64. The van der Waals surface area contributed by atoms with E-state index >= 15 is 0 Å². The molecule has 0 aliphatic carbocycles. The maximum Gasteiger partial charge on any atom is 0.524 e. The van der Waals surface area contributed by atoms with Crippen LogP contribution in [0.25, 0.3) is 0 Å². The zero-order valence-corrected chi connectivity index (χ0v) is 11.7. The van der Waals surface area contributed by atoms with Crippen molar-refractivity contribution < 1.29 is 18.9 Å². The fourth-order valence-corrected chi connectivity index (χ4v) is 1.38. The van der Waals surface area contributed by atoms with Crippen LogP contribution in [0, 0.1) is 0 Å². The van der Waals surface area contributed by atoms with Crippen molar-refractivity contribution in [2.75, 3.05) is 0 Å². The molecule has 2 N–H and O–H groups in total. The second kappa shape index (κ2) is 9.49. The van der Waals surface area contributed by atoms with Gasteiger partial charge >= 0.3 is 7.82 Å². The Kier molecular flexibility index (Phi) is 7.52. The summed E-state index contributed by atoms with van der Waals surface area (Å²) in [6, 6.07) is 0. The Bertz CT molecular complexity index is 609. The quantitative estimate of drug-likeness (QED) is 0.756. The van der Waals surface area contributed by atoms with Crippen molar-refractivity contribution in [3.63, 3.8) is 0 Å². The standard InChI is InChI=1S/C12H13N4O4P/c17-21(18,19)20-12-2-1-4-13-6-8-15-10-11-16-9-7-14-5-3-12/h1-11H,(H2,17,18,19)/b2-1-,4-1?,5-3?,8-6-,9-7-,11-10?,12-2?,12-3+,13-4-,13-6?,14-5+,14-7?,15-8?,15-10?,16-9?,16-11?. The van der Waals surface area contributed by atoms with Crippen LogP contribution in [0.2, 0.25) is 0 Å². The molecule has 0 amide bonds. The Balaban J connectivity index is 2.93. The van der Waals surface area contributed by atoms with E-state index in [2.05, 4.69) is 24.5 Å². The Morgan fingerprint density at radius 1 is 0.857 bits per heavy atom. The van der Waals surface area contributed by atoms with Crippen LogP contribution in [0.1, 0.15) is 0 Å². The van der Waals surface area contributed by atoms with E-state index in [1.54, 1.807) is 0 Å². The van der Waals surface area contributed by atoms with Crippen LogP contribution in [0.5, 0.6) is 0 Å². The summed E-state index contributed by atoms with van der Waals surface area (Å²) in [4.78, 5) is 33.0. The second-order valence-electron chi connectivity index (χ2n) is 3.30. The summed E-state index contributed by atoms with van der Waals surface area (Å²) in [5, 5.41) is 0. The summed E-state index contributed by atoms with van der Waals surface area (Å²) in [6.45, 7) is 0. The van der Waals surface area contributed by atoms with E-state index in [0.717, 1.165) is 0 Å². The van der Waals surface area contributed by atoms with Gasteiger partial charge in [0.15, 0.2) is 0 Å². The molecule has 0 aromatic heterocycles. The van der Waals surface area contributed by atoms with Gasteiger partial charge in [0.1, 0.15) is 5.76 Å². The first-order valence-corrected chi connectivity index (χ1v) is 7.14. The predicted octanol–water partition coefficient (Wildman–Crippen LogP) is 1.77. The van der Waals surface area contributed by atoms with Gasteiger partial charge in [0.2, 0.25) is 0 Å². The fourth-order valence-electron chi connectivity index (χ4n) is 0.987. The van der Waals surface area contributed by atoms with E-state index in [0.29, 0.717) is 0 Å². The normalized spacial score (nSPS) is 26.3. The van der Waals surface area contributed by atoms with Gasteiger partial charge in [-0.05, 0) is 18.2 Å². The number of phosphoric acid groups is 1. The van der Waals surface area contributed by atoms with Crippen LogP contribution in [-0.2, 0) is 9.09 Å². The zero-order valence-electron chi connectivity index (χ0n) is 10.8. The maximum atomic E-state index is 10.8. The minimum absolute atomic E-state index is 0.0653. The van der Waals surface area contributed by atoms with Crippen LogP contribution in [0.15, 0.2) is 68.8 Å². The molecule has 1 aliphatic rings. The van der Waals surface area contributed by atoms with Gasteiger partial charge in [-0.3, -0.25) is 29.8 Å². The summed E-state index contributed by atoms with van der Waals surface area (Å²) in [5.41, 5.74) is 0. The average Bonchev–Trinajstić information content (AvgIpc) is 2.39. The summed E-state index contributed by atoms with van der Waals surface area (Å²) in [5.74, 6) is -0.0653. The van der Waals surface area contributed by atoms with Crippen molar-refractivity contribution in [3.8, 4) is 0 Å². The molecular weight excluding hydrogens is 295 g/mol. The molecule has 1 rings (SSSR count). The second-order valence-corrected chi connectivity index (χ2v) is 4.46. The summed E-state index contributed by atoms with van der Waals surface area (Å²) in [6.07, 6.45) is 15.4. The predicted molar refractivity (Wildman–Crippen MR) is 82.6 cm³/mol. The molecule has 0 atom stereocenters. The van der Waals surface area contributed by atoms with Gasteiger partial charge in [-0.1, -0.05) is 0 Å². The van der Waals surface area contributed by atoms with Crippen molar-refractivity contribution in [3.05, 3.63) is 48.8 Å². The molecule has 9 heteroatoms. The van der Waals surface area contributed by atoms with Gasteiger partial charge in [-0.25, -0.2) is 4.57 Å². The van der Waals surface area contributed by atoms with E-state index in [1.807, 2.05) is 0 Å². The minimum Gasteiger partial charge on any atom is -0.404 e. The first kappa shape index (κ1) is 16.6. The number of hydrogen-bond donors (Lipinski definition) is 2. The van der Waals surface area contributed by atoms with E-state index in [1.165, 1.54) is 67.9 Å². The number of rotatable bonds is 2. The number of hydrogen-bond acceptors (Lipinski definition) is 6. The van der Waals surface area contributed by atoms with Gasteiger partial charge in [-0.2, -0.15) is 0 Å². The molecule has 0 aromatic carbocycles.